The molecule has 0 saturated carbocycles. The Morgan fingerprint density at radius 1 is 1.00 bits per heavy atom. The lowest BCUT2D eigenvalue weighted by Gasteiger charge is -2.26. The Hall–Kier alpha value is -3.67. The summed E-state index contributed by atoms with van der Waals surface area (Å²) in [5.41, 5.74) is 3.41. The molecule has 0 amide bonds. The number of methoxy groups -OCH3 is 1. The summed E-state index contributed by atoms with van der Waals surface area (Å²) in [7, 11) is 1.58. The van der Waals surface area contributed by atoms with Crippen molar-refractivity contribution in [3.8, 4) is 11.5 Å². The van der Waals surface area contributed by atoms with Gasteiger partial charge in [0.15, 0.2) is 4.80 Å². The molecule has 0 spiro atoms. The van der Waals surface area contributed by atoms with Gasteiger partial charge in [0, 0.05) is 21.2 Å². The number of nitrogens with zero attached hydrogens (tertiary/aromatic N) is 2. The number of halogens is 4. The van der Waals surface area contributed by atoms with Crippen molar-refractivity contribution >= 4 is 84.1 Å². The van der Waals surface area contributed by atoms with Crippen LogP contribution in [-0.4, -0.2) is 24.3 Å². The fourth-order valence-electron chi connectivity index (χ4n) is 5.28. The van der Waals surface area contributed by atoms with Crippen LogP contribution in [0.3, 0.4) is 0 Å². The van der Waals surface area contributed by atoms with Gasteiger partial charge in [-0.3, -0.25) is 9.36 Å². The Morgan fingerprint density at radius 3 is 2.35 bits per heavy atom. The standard InChI is InChI=1S/C36H26Br2Cl2N2O5S/c1-3-46-35(44)30-31(21-7-5-4-6-8-21)41-36-42(32(30)22-10-13-25(45-2)14-11-22)34(43)29(48-36)17-20-15-26(37)33(27(38)16-20)47-19-23-9-12-24(39)18-28(23)40/h4-18,32H,3,19H2,1-2H3/b29-17-/t32-/m1/s1. The molecule has 5 aromatic rings. The summed E-state index contributed by atoms with van der Waals surface area (Å²) in [4.78, 5) is 33.3. The summed E-state index contributed by atoms with van der Waals surface area (Å²) >= 11 is 20.8. The number of carbonyl (C=O) groups is 1. The highest BCUT2D eigenvalue weighted by Crippen LogP contribution is 2.37. The van der Waals surface area contributed by atoms with Crippen LogP contribution in [0.4, 0.5) is 0 Å². The van der Waals surface area contributed by atoms with Crippen LogP contribution in [0, 0.1) is 0 Å². The predicted octanol–water partition coefficient (Wildman–Crippen LogP) is 8.36. The molecule has 4 aromatic carbocycles. The maximum absolute atomic E-state index is 14.3. The molecule has 0 radical (unpaired) electrons. The predicted molar refractivity (Wildman–Crippen MR) is 197 cm³/mol. The maximum atomic E-state index is 14.3. The molecule has 12 heteroatoms. The lowest BCUT2D eigenvalue weighted by molar-refractivity contribution is -0.138. The highest BCUT2D eigenvalue weighted by atomic mass is 79.9. The second-order valence-electron chi connectivity index (χ2n) is 10.5. The van der Waals surface area contributed by atoms with Gasteiger partial charge in [-0.2, -0.15) is 0 Å². The van der Waals surface area contributed by atoms with E-state index in [1.54, 1.807) is 48.9 Å². The summed E-state index contributed by atoms with van der Waals surface area (Å²) in [6.07, 6.45) is 1.79. The van der Waals surface area contributed by atoms with Crippen LogP contribution in [0.5, 0.6) is 11.5 Å². The summed E-state index contributed by atoms with van der Waals surface area (Å²) in [6, 6.07) is 24.9. The molecule has 1 aliphatic heterocycles. The first-order valence-electron chi connectivity index (χ1n) is 14.7. The van der Waals surface area contributed by atoms with E-state index in [0.29, 0.717) is 51.1 Å². The van der Waals surface area contributed by atoms with Crippen LogP contribution < -0.4 is 24.4 Å². The average Bonchev–Trinajstić information content (AvgIpc) is 3.38. The van der Waals surface area contributed by atoms with E-state index in [2.05, 4.69) is 31.9 Å². The van der Waals surface area contributed by atoms with Crippen molar-refractivity contribution in [2.75, 3.05) is 13.7 Å². The first-order chi connectivity index (χ1) is 23.2. The van der Waals surface area contributed by atoms with Crippen LogP contribution in [0.25, 0.3) is 11.8 Å². The number of hydrogen-bond acceptors (Lipinski definition) is 7. The quantitative estimate of drug-likeness (QED) is 0.140. The van der Waals surface area contributed by atoms with Gasteiger partial charge in [0.2, 0.25) is 0 Å². The smallest absolute Gasteiger partial charge is 0.338 e. The maximum Gasteiger partial charge on any atom is 0.338 e. The van der Waals surface area contributed by atoms with E-state index in [0.717, 1.165) is 16.7 Å². The first kappa shape index (κ1) is 34.2. The zero-order valence-corrected chi connectivity index (χ0v) is 31.0. The molecule has 0 saturated heterocycles. The summed E-state index contributed by atoms with van der Waals surface area (Å²) in [5, 5.41) is 1.06. The molecule has 1 atom stereocenters. The zero-order chi connectivity index (χ0) is 33.9. The number of hydrogen-bond donors (Lipinski definition) is 0. The number of fused-ring (bicyclic) bond motifs is 1. The van der Waals surface area contributed by atoms with E-state index in [9.17, 15) is 9.59 Å². The van der Waals surface area contributed by atoms with Crippen molar-refractivity contribution in [2.24, 2.45) is 4.99 Å². The molecule has 0 N–H and O–H groups in total. The Kier molecular flexibility index (Phi) is 10.6. The third-order valence-electron chi connectivity index (χ3n) is 7.51. The van der Waals surface area contributed by atoms with Crippen LogP contribution >= 0.6 is 66.4 Å². The molecular weight excluding hydrogens is 803 g/mol. The average molecular weight is 829 g/mol. The van der Waals surface area contributed by atoms with Gasteiger partial charge in [-0.1, -0.05) is 83.1 Å². The summed E-state index contributed by atoms with van der Waals surface area (Å²) in [5.74, 6) is 0.681. The minimum atomic E-state index is -0.794. The number of benzene rings is 4. The van der Waals surface area contributed by atoms with E-state index in [1.807, 2.05) is 60.7 Å². The van der Waals surface area contributed by atoms with E-state index in [-0.39, 0.29) is 24.3 Å². The topological polar surface area (TPSA) is 79.1 Å². The van der Waals surface area contributed by atoms with Crippen molar-refractivity contribution in [1.29, 1.82) is 0 Å². The molecular formula is C36H26Br2Cl2N2O5S. The highest BCUT2D eigenvalue weighted by molar-refractivity contribution is 9.11. The minimum Gasteiger partial charge on any atom is -0.497 e. The number of thiazole rings is 1. The van der Waals surface area contributed by atoms with E-state index in [4.69, 9.17) is 42.4 Å². The van der Waals surface area contributed by atoms with Crippen molar-refractivity contribution in [1.82, 2.24) is 4.57 Å². The van der Waals surface area contributed by atoms with Gasteiger partial charge < -0.3 is 14.2 Å². The first-order valence-corrected chi connectivity index (χ1v) is 17.8. The Morgan fingerprint density at radius 2 is 1.71 bits per heavy atom. The van der Waals surface area contributed by atoms with E-state index < -0.39 is 12.0 Å². The van der Waals surface area contributed by atoms with Gasteiger partial charge in [-0.15, -0.1) is 0 Å². The van der Waals surface area contributed by atoms with Gasteiger partial charge >= 0.3 is 5.97 Å². The van der Waals surface area contributed by atoms with Crippen LogP contribution in [0.2, 0.25) is 10.0 Å². The van der Waals surface area contributed by atoms with Crippen LogP contribution in [0.1, 0.15) is 35.2 Å². The lowest BCUT2D eigenvalue weighted by atomic mass is 9.93. The Bertz CT molecular complexity index is 2210. The molecule has 2 heterocycles. The second kappa shape index (κ2) is 14.8. The zero-order valence-electron chi connectivity index (χ0n) is 25.5. The molecule has 244 valence electrons. The van der Waals surface area contributed by atoms with Crippen molar-refractivity contribution in [3.05, 3.63) is 151 Å². The van der Waals surface area contributed by atoms with Crippen molar-refractivity contribution in [2.45, 2.75) is 19.6 Å². The summed E-state index contributed by atoms with van der Waals surface area (Å²) in [6.45, 7) is 2.14. The molecule has 1 aromatic heterocycles. The number of ether oxygens (including phenoxy) is 3. The minimum absolute atomic E-state index is 0.167. The Balaban J connectivity index is 1.47. The van der Waals surface area contributed by atoms with Crippen molar-refractivity contribution < 1.29 is 19.0 Å². The third kappa shape index (κ3) is 7.04. The van der Waals surface area contributed by atoms with Gasteiger partial charge in [0.05, 0.1) is 44.5 Å². The van der Waals surface area contributed by atoms with E-state index in [1.165, 1.54) is 11.3 Å². The third-order valence-corrected chi connectivity index (χ3v) is 10.3. The van der Waals surface area contributed by atoms with Gasteiger partial charge in [0.1, 0.15) is 18.1 Å². The number of rotatable bonds is 9. The largest absolute Gasteiger partial charge is 0.497 e. The van der Waals surface area contributed by atoms with Gasteiger partial charge in [-0.25, -0.2) is 9.79 Å². The Labute approximate surface area is 307 Å². The van der Waals surface area contributed by atoms with Gasteiger partial charge in [0.25, 0.3) is 5.56 Å². The number of carbonyl (C=O) groups excluding carboxylic acids is 1. The molecule has 48 heavy (non-hydrogen) atoms. The molecule has 7 nitrogen and oxygen atoms in total. The molecule has 1 aliphatic rings. The fourth-order valence-corrected chi connectivity index (χ4v) is 8.20. The normalized spacial score (nSPS) is 14.4. The molecule has 0 unspecified atom stereocenters. The molecule has 0 fully saturated rings. The molecule has 0 bridgehead atoms. The second-order valence-corrected chi connectivity index (χ2v) is 14.1. The highest BCUT2D eigenvalue weighted by Gasteiger charge is 2.35. The summed E-state index contributed by atoms with van der Waals surface area (Å²) < 4.78 is 20.4. The molecule has 0 aliphatic carbocycles. The van der Waals surface area contributed by atoms with Crippen molar-refractivity contribution in [3.63, 3.8) is 0 Å². The fraction of sp³-hybridized carbons (Fsp3) is 0.139. The number of aromatic nitrogens is 1. The molecule has 6 rings (SSSR count). The van der Waals surface area contributed by atoms with Gasteiger partial charge in [-0.05, 0) is 92.4 Å². The van der Waals surface area contributed by atoms with Crippen LogP contribution in [0.15, 0.2) is 109 Å². The van der Waals surface area contributed by atoms with Crippen LogP contribution in [-0.2, 0) is 16.1 Å². The SMILES string of the molecule is CCOC(=O)C1=C(c2ccccc2)N=c2s/c(=C\c3cc(Br)c(OCc4ccc(Cl)cc4Cl)c(Br)c3)c(=O)n2[C@@H]1c1ccc(OC)cc1. The monoisotopic (exact) mass is 826 g/mol. The lowest BCUT2D eigenvalue weighted by Crippen LogP contribution is -2.40. The van der Waals surface area contributed by atoms with E-state index >= 15 is 0 Å². The number of esters is 1.